The van der Waals surface area contributed by atoms with Gasteiger partial charge in [-0.25, -0.2) is 0 Å². The first-order valence-corrected chi connectivity index (χ1v) is 16.3. The number of hydrogen-bond acceptors (Lipinski definition) is 5. The molecule has 0 aliphatic carbocycles. The predicted molar refractivity (Wildman–Crippen MR) is 159 cm³/mol. The maximum atomic E-state index is 12.1. The highest BCUT2D eigenvalue weighted by molar-refractivity contribution is 5.70. The van der Waals surface area contributed by atoms with Gasteiger partial charge in [-0.05, 0) is 24.7 Å². The van der Waals surface area contributed by atoms with Gasteiger partial charge in [0.15, 0.2) is 6.10 Å². The Labute approximate surface area is 236 Å². The summed E-state index contributed by atoms with van der Waals surface area (Å²) in [7, 11) is 0. The van der Waals surface area contributed by atoms with E-state index in [1.165, 1.54) is 89.9 Å². The molecule has 0 aromatic heterocycles. The summed E-state index contributed by atoms with van der Waals surface area (Å²) < 4.78 is 10.5. The van der Waals surface area contributed by atoms with Crippen LogP contribution in [0, 0.1) is 11.8 Å². The van der Waals surface area contributed by atoms with Crippen molar-refractivity contribution in [1.82, 2.24) is 0 Å². The Morgan fingerprint density at radius 3 is 1.47 bits per heavy atom. The Kier molecular flexibility index (Phi) is 26.7. The molecular weight excluding hydrogens is 476 g/mol. The normalized spacial score (nSPS) is 13.0. The van der Waals surface area contributed by atoms with Crippen molar-refractivity contribution in [3.63, 3.8) is 0 Å². The maximum absolute atomic E-state index is 12.1. The zero-order valence-electron chi connectivity index (χ0n) is 25.8. The Morgan fingerprint density at radius 1 is 0.605 bits per heavy atom. The maximum Gasteiger partial charge on any atom is 0.306 e. The molecule has 0 saturated heterocycles. The van der Waals surface area contributed by atoms with Gasteiger partial charge in [0, 0.05) is 12.8 Å². The fraction of sp³-hybridized carbons (Fsp3) is 0.939. The summed E-state index contributed by atoms with van der Waals surface area (Å²) in [6.45, 7) is 8.79. The number of ether oxygens (including phenoxy) is 2. The second kappa shape index (κ2) is 27.5. The highest BCUT2D eigenvalue weighted by Crippen LogP contribution is 2.16. The standard InChI is InChI=1S/C33H64O5/c1-5-30(4)24-20-16-12-9-10-13-17-21-25-32(35)37-28-31(27-34)38-33(36)26-22-18-14-8-6-7-11-15-19-23-29(2)3/h29-31,34H,5-28H2,1-4H3/t30?,31-/m0/s1. The molecule has 0 bridgehead atoms. The molecule has 0 fully saturated rings. The first-order valence-electron chi connectivity index (χ1n) is 16.3. The Hall–Kier alpha value is -1.10. The molecule has 0 aromatic carbocycles. The minimum absolute atomic E-state index is 0.0606. The summed E-state index contributed by atoms with van der Waals surface area (Å²) >= 11 is 0. The largest absolute Gasteiger partial charge is 0.462 e. The number of carbonyl (C=O) groups is 2. The zero-order valence-corrected chi connectivity index (χ0v) is 25.8. The number of hydrogen-bond donors (Lipinski definition) is 1. The average molecular weight is 541 g/mol. The van der Waals surface area contributed by atoms with E-state index in [1.54, 1.807) is 0 Å². The lowest BCUT2D eigenvalue weighted by molar-refractivity contribution is -0.161. The topological polar surface area (TPSA) is 72.8 Å². The van der Waals surface area contributed by atoms with Gasteiger partial charge in [-0.1, -0.05) is 143 Å². The second-order valence-electron chi connectivity index (χ2n) is 12.0. The molecule has 5 nitrogen and oxygen atoms in total. The van der Waals surface area contributed by atoms with Gasteiger partial charge in [0.2, 0.25) is 0 Å². The van der Waals surface area contributed by atoms with E-state index in [1.807, 2.05) is 0 Å². The van der Waals surface area contributed by atoms with E-state index in [4.69, 9.17) is 9.47 Å². The molecular formula is C33H64O5. The molecule has 5 heteroatoms. The average Bonchev–Trinajstić information content (AvgIpc) is 2.90. The minimum Gasteiger partial charge on any atom is -0.462 e. The first kappa shape index (κ1) is 36.9. The molecule has 0 aliphatic rings. The lowest BCUT2D eigenvalue weighted by Gasteiger charge is -2.15. The van der Waals surface area contributed by atoms with E-state index in [0.29, 0.717) is 12.8 Å². The fourth-order valence-electron chi connectivity index (χ4n) is 4.71. The van der Waals surface area contributed by atoms with Crippen molar-refractivity contribution in [2.75, 3.05) is 13.2 Å². The van der Waals surface area contributed by atoms with Crippen molar-refractivity contribution in [2.24, 2.45) is 11.8 Å². The molecule has 0 heterocycles. The van der Waals surface area contributed by atoms with Crippen molar-refractivity contribution in [3.05, 3.63) is 0 Å². The van der Waals surface area contributed by atoms with Gasteiger partial charge in [0.05, 0.1) is 6.61 Å². The van der Waals surface area contributed by atoms with Crippen LogP contribution in [0.5, 0.6) is 0 Å². The van der Waals surface area contributed by atoms with Crippen LogP contribution in [0.15, 0.2) is 0 Å². The highest BCUT2D eigenvalue weighted by atomic mass is 16.6. The van der Waals surface area contributed by atoms with Crippen molar-refractivity contribution in [3.8, 4) is 0 Å². The fourth-order valence-corrected chi connectivity index (χ4v) is 4.71. The Bertz CT molecular complexity index is 533. The summed E-state index contributed by atoms with van der Waals surface area (Å²) in [6.07, 6.45) is 24.4. The van der Waals surface area contributed by atoms with Crippen LogP contribution in [-0.2, 0) is 19.1 Å². The van der Waals surface area contributed by atoms with Gasteiger partial charge in [-0.15, -0.1) is 0 Å². The van der Waals surface area contributed by atoms with Gasteiger partial charge >= 0.3 is 11.9 Å². The molecule has 1 N–H and O–H groups in total. The monoisotopic (exact) mass is 540 g/mol. The van der Waals surface area contributed by atoms with Crippen LogP contribution in [0.4, 0.5) is 0 Å². The van der Waals surface area contributed by atoms with E-state index >= 15 is 0 Å². The number of aliphatic hydroxyl groups excluding tert-OH is 1. The molecule has 1 unspecified atom stereocenters. The van der Waals surface area contributed by atoms with Gasteiger partial charge in [-0.3, -0.25) is 9.59 Å². The molecule has 0 amide bonds. The number of rotatable bonds is 28. The molecule has 0 saturated carbocycles. The summed E-state index contributed by atoms with van der Waals surface area (Å²) in [4.78, 5) is 24.1. The number of aliphatic hydroxyl groups is 1. The lowest BCUT2D eigenvalue weighted by atomic mass is 9.99. The van der Waals surface area contributed by atoms with Crippen LogP contribution < -0.4 is 0 Å². The van der Waals surface area contributed by atoms with Crippen molar-refractivity contribution >= 4 is 11.9 Å². The SMILES string of the molecule is CCC(C)CCCCCCCCCCC(=O)OC[C@H](CO)OC(=O)CCCCCCCCCCCC(C)C. The third-order valence-electron chi connectivity index (χ3n) is 7.62. The summed E-state index contributed by atoms with van der Waals surface area (Å²) in [6, 6.07) is 0. The van der Waals surface area contributed by atoms with E-state index < -0.39 is 6.10 Å². The van der Waals surface area contributed by atoms with Crippen LogP contribution in [0.25, 0.3) is 0 Å². The lowest BCUT2D eigenvalue weighted by Crippen LogP contribution is -2.28. The smallest absolute Gasteiger partial charge is 0.306 e. The molecule has 226 valence electrons. The number of unbranched alkanes of at least 4 members (excludes halogenated alkanes) is 15. The number of esters is 2. The van der Waals surface area contributed by atoms with Crippen LogP contribution in [-0.4, -0.2) is 36.4 Å². The van der Waals surface area contributed by atoms with Crippen molar-refractivity contribution in [2.45, 2.75) is 175 Å². The molecule has 0 aliphatic heterocycles. The van der Waals surface area contributed by atoms with Gasteiger partial charge < -0.3 is 14.6 Å². The molecule has 38 heavy (non-hydrogen) atoms. The molecule has 0 rings (SSSR count). The van der Waals surface area contributed by atoms with E-state index in [9.17, 15) is 14.7 Å². The molecule has 0 spiro atoms. The van der Waals surface area contributed by atoms with E-state index in [-0.39, 0.29) is 25.2 Å². The Morgan fingerprint density at radius 2 is 1.03 bits per heavy atom. The highest BCUT2D eigenvalue weighted by Gasteiger charge is 2.16. The second-order valence-corrected chi connectivity index (χ2v) is 12.0. The third kappa shape index (κ3) is 26.5. The van der Waals surface area contributed by atoms with Crippen LogP contribution in [0.1, 0.15) is 169 Å². The summed E-state index contributed by atoms with van der Waals surface area (Å²) in [5.41, 5.74) is 0. The third-order valence-corrected chi connectivity index (χ3v) is 7.62. The summed E-state index contributed by atoms with van der Waals surface area (Å²) in [5, 5.41) is 9.48. The van der Waals surface area contributed by atoms with Crippen molar-refractivity contribution in [1.29, 1.82) is 0 Å². The van der Waals surface area contributed by atoms with Crippen LogP contribution >= 0.6 is 0 Å². The van der Waals surface area contributed by atoms with Gasteiger partial charge in [0.25, 0.3) is 0 Å². The minimum atomic E-state index is -0.762. The van der Waals surface area contributed by atoms with Gasteiger partial charge in [-0.2, -0.15) is 0 Å². The molecule has 0 aromatic rings. The molecule has 2 atom stereocenters. The molecule has 0 radical (unpaired) electrons. The first-order chi connectivity index (χ1) is 18.4. The Balaban J connectivity index is 3.58. The summed E-state index contributed by atoms with van der Waals surface area (Å²) in [5.74, 6) is 1.09. The number of carbonyl (C=O) groups excluding carboxylic acids is 2. The van der Waals surface area contributed by atoms with Crippen LogP contribution in [0.3, 0.4) is 0 Å². The quantitative estimate of drug-likeness (QED) is 0.0790. The zero-order chi connectivity index (χ0) is 28.3. The van der Waals surface area contributed by atoms with Gasteiger partial charge in [0.1, 0.15) is 6.61 Å². The predicted octanol–water partition coefficient (Wildman–Crippen LogP) is 9.33. The van der Waals surface area contributed by atoms with E-state index in [2.05, 4.69) is 27.7 Å². The van der Waals surface area contributed by atoms with E-state index in [0.717, 1.165) is 50.4 Å². The van der Waals surface area contributed by atoms with Crippen LogP contribution in [0.2, 0.25) is 0 Å². The van der Waals surface area contributed by atoms with Crippen molar-refractivity contribution < 1.29 is 24.2 Å².